The Hall–Kier alpha value is -4.05. The summed E-state index contributed by atoms with van der Waals surface area (Å²) in [5, 5.41) is 23.7. The van der Waals surface area contributed by atoms with Crippen molar-refractivity contribution in [1.29, 1.82) is 0 Å². The minimum absolute atomic E-state index is 0.102. The van der Waals surface area contributed by atoms with E-state index in [1.807, 2.05) is 12.1 Å². The van der Waals surface area contributed by atoms with Crippen molar-refractivity contribution < 1.29 is 14.7 Å². The van der Waals surface area contributed by atoms with E-state index in [0.29, 0.717) is 21.5 Å². The molecule has 2 heterocycles. The van der Waals surface area contributed by atoms with Crippen molar-refractivity contribution in [1.82, 2.24) is 30.5 Å². The number of fused-ring (bicyclic) bond motifs is 1. The molecule has 0 atom stereocenters. The number of carbonyl (C=O) groups is 2. The number of amides is 1. The number of benzene rings is 2. The van der Waals surface area contributed by atoms with Crippen LogP contribution in [0.1, 0.15) is 21.5 Å². The van der Waals surface area contributed by atoms with Crippen LogP contribution in [-0.4, -0.2) is 42.2 Å². The molecule has 0 saturated carbocycles. The first-order valence-electron chi connectivity index (χ1n) is 9.08. The van der Waals surface area contributed by atoms with Gasteiger partial charge < -0.3 is 15.4 Å². The van der Waals surface area contributed by atoms with Crippen LogP contribution in [0, 0.1) is 0 Å². The quantitative estimate of drug-likeness (QED) is 0.415. The van der Waals surface area contributed by atoms with E-state index in [-0.39, 0.29) is 24.4 Å². The van der Waals surface area contributed by atoms with Gasteiger partial charge in [0.25, 0.3) is 5.56 Å². The van der Waals surface area contributed by atoms with Crippen LogP contribution in [-0.2, 0) is 17.8 Å². The summed E-state index contributed by atoms with van der Waals surface area (Å²) in [5.74, 6) is -1.58. The molecular weight excluding hydrogens is 424 g/mol. The Morgan fingerprint density at radius 3 is 2.77 bits per heavy atom. The smallest absolute Gasteiger partial charge is 0.341 e. The number of aromatic carboxylic acids is 1. The minimum Gasteiger partial charge on any atom is -0.477 e. The third-order valence-electron chi connectivity index (χ3n) is 4.59. The van der Waals surface area contributed by atoms with E-state index in [4.69, 9.17) is 16.7 Å². The standard InChI is InChI=1S/C20H15ClN6O4/c21-14-6-12-8-16(20(30)31)19(29)24-18(12)13(7-14)9-22-17(28)5-11-2-1-3-15(4-11)27-10-23-25-26-27/h1-4,6-8,10H,5,9H2,(H,22,28)(H,24,29)(H,30,31). The van der Waals surface area contributed by atoms with E-state index in [1.165, 1.54) is 17.1 Å². The molecule has 11 heteroatoms. The summed E-state index contributed by atoms with van der Waals surface area (Å²) in [6, 6.07) is 11.7. The number of aromatic amines is 1. The average Bonchev–Trinajstić information content (AvgIpc) is 3.27. The van der Waals surface area contributed by atoms with Crippen LogP contribution in [0.15, 0.2) is 53.6 Å². The van der Waals surface area contributed by atoms with Gasteiger partial charge in [-0.15, -0.1) is 5.10 Å². The highest BCUT2D eigenvalue weighted by atomic mass is 35.5. The summed E-state index contributed by atoms with van der Waals surface area (Å²) >= 11 is 6.14. The average molecular weight is 439 g/mol. The van der Waals surface area contributed by atoms with Gasteiger partial charge in [0.2, 0.25) is 5.91 Å². The van der Waals surface area contributed by atoms with E-state index in [1.54, 1.807) is 24.3 Å². The first-order chi connectivity index (χ1) is 14.9. The number of aromatic nitrogens is 5. The Morgan fingerprint density at radius 2 is 2.03 bits per heavy atom. The molecule has 0 aliphatic rings. The lowest BCUT2D eigenvalue weighted by Crippen LogP contribution is -2.25. The van der Waals surface area contributed by atoms with Crippen molar-refractivity contribution in [3.63, 3.8) is 0 Å². The predicted octanol–water partition coefficient (Wildman–Crippen LogP) is 1.71. The lowest BCUT2D eigenvalue weighted by Gasteiger charge is -2.10. The van der Waals surface area contributed by atoms with Gasteiger partial charge in [0, 0.05) is 17.0 Å². The first-order valence-corrected chi connectivity index (χ1v) is 9.46. The van der Waals surface area contributed by atoms with Crippen LogP contribution in [0.4, 0.5) is 0 Å². The van der Waals surface area contributed by atoms with E-state index in [9.17, 15) is 14.4 Å². The van der Waals surface area contributed by atoms with Crippen LogP contribution in [0.5, 0.6) is 0 Å². The molecule has 156 valence electrons. The van der Waals surface area contributed by atoms with Crippen molar-refractivity contribution in [3.05, 3.63) is 80.9 Å². The summed E-state index contributed by atoms with van der Waals surface area (Å²) in [5.41, 5.74) is 1.36. The van der Waals surface area contributed by atoms with Crippen LogP contribution >= 0.6 is 11.6 Å². The van der Waals surface area contributed by atoms with Gasteiger partial charge >= 0.3 is 5.97 Å². The molecule has 2 aromatic carbocycles. The summed E-state index contributed by atoms with van der Waals surface area (Å²) in [6.45, 7) is 0.102. The third-order valence-corrected chi connectivity index (χ3v) is 4.81. The highest BCUT2D eigenvalue weighted by Crippen LogP contribution is 2.22. The second-order valence-corrected chi connectivity index (χ2v) is 7.16. The number of hydrogen-bond donors (Lipinski definition) is 3. The Balaban J connectivity index is 1.52. The lowest BCUT2D eigenvalue weighted by atomic mass is 10.1. The fourth-order valence-electron chi connectivity index (χ4n) is 3.18. The molecule has 31 heavy (non-hydrogen) atoms. The van der Waals surface area contributed by atoms with Gasteiger partial charge in [-0.05, 0) is 51.9 Å². The summed E-state index contributed by atoms with van der Waals surface area (Å²) in [4.78, 5) is 38.3. The van der Waals surface area contributed by atoms with Gasteiger partial charge in [0.05, 0.1) is 17.6 Å². The number of hydrogen-bond acceptors (Lipinski definition) is 6. The number of carbonyl (C=O) groups excluding carboxylic acids is 1. The number of carboxylic acids is 1. The van der Waals surface area contributed by atoms with E-state index >= 15 is 0 Å². The lowest BCUT2D eigenvalue weighted by molar-refractivity contribution is -0.120. The van der Waals surface area contributed by atoms with Crippen molar-refractivity contribution in [2.75, 3.05) is 0 Å². The number of nitrogens with zero attached hydrogens (tertiary/aromatic N) is 4. The van der Waals surface area contributed by atoms with Crippen LogP contribution in [0.25, 0.3) is 16.6 Å². The van der Waals surface area contributed by atoms with Gasteiger partial charge in [0.1, 0.15) is 11.9 Å². The molecule has 10 nitrogen and oxygen atoms in total. The second kappa shape index (κ2) is 8.36. The molecule has 0 saturated heterocycles. The number of halogens is 1. The Bertz CT molecular complexity index is 1350. The first kappa shape index (κ1) is 20.2. The zero-order valence-electron chi connectivity index (χ0n) is 15.9. The molecule has 0 spiro atoms. The number of nitrogens with one attached hydrogen (secondary N) is 2. The molecule has 0 bridgehead atoms. The predicted molar refractivity (Wildman–Crippen MR) is 111 cm³/mol. The van der Waals surface area contributed by atoms with Crippen LogP contribution < -0.4 is 10.9 Å². The molecule has 0 fully saturated rings. The zero-order valence-corrected chi connectivity index (χ0v) is 16.6. The van der Waals surface area contributed by atoms with Gasteiger partial charge in [-0.25, -0.2) is 9.48 Å². The molecule has 0 aliphatic heterocycles. The summed E-state index contributed by atoms with van der Waals surface area (Å²) < 4.78 is 1.49. The number of rotatable bonds is 6. The molecule has 1 amide bonds. The summed E-state index contributed by atoms with van der Waals surface area (Å²) in [6.07, 6.45) is 1.58. The van der Waals surface area contributed by atoms with Crippen LogP contribution in [0.2, 0.25) is 5.02 Å². The minimum atomic E-state index is -1.33. The maximum absolute atomic E-state index is 12.5. The Morgan fingerprint density at radius 1 is 1.19 bits per heavy atom. The SMILES string of the molecule is O=C(Cc1cccc(-n2cnnn2)c1)NCc1cc(Cl)cc2cc(C(=O)O)c(=O)[nH]c12. The monoisotopic (exact) mass is 438 g/mol. The van der Waals surface area contributed by atoms with Crippen LogP contribution in [0.3, 0.4) is 0 Å². The Labute approximate surface area is 179 Å². The molecular formula is C20H15ClN6O4. The molecule has 0 unspecified atom stereocenters. The number of pyridine rings is 1. The largest absolute Gasteiger partial charge is 0.477 e. The molecule has 3 N–H and O–H groups in total. The topological polar surface area (TPSA) is 143 Å². The number of carboxylic acid groups (broad SMARTS) is 1. The molecule has 4 aromatic rings. The number of H-pyrrole nitrogens is 1. The molecule has 0 radical (unpaired) electrons. The van der Waals surface area contributed by atoms with Gasteiger partial charge in [-0.1, -0.05) is 23.7 Å². The zero-order chi connectivity index (χ0) is 22.0. The highest BCUT2D eigenvalue weighted by molar-refractivity contribution is 6.31. The van der Waals surface area contributed by atoms with Crippen molar-refractivity contribution in [2.24, 2.45) is 0 Å². The van der Waals surface area contributed by atoms with Gasteiger partial charge in [-0.2, -0.15) is 0 Å². The Kier molecular flexibility index (Phi) is 5.46. The van der Waals surface area contributed by atoms with Gasteiger partial charge in [-0.3, -0.25) is 9.59 Å². The molecule has 2 aromatic heterocycles. The second-order valence-electron chi connectivity index (χ2n) is 6.72. The molecule has 0 aliphatic carbocycles. The third kappa shape index (κ3) is 4.43. The normalized spacial score (nSPS) is 10.9. The maximum Gasteiger partial charge on any atom is 0.341 e. The van der Waals surface area contributed by atoms with Crippen molar-refractivity contribution in [3.8, 4) is 5.69 Å². The summed E-state index contributed by atoms with van der Waals surface area (Å²) in [7, 11) is 0. The fraction of sp³-hybridized carbons (Fsp3) is 0.100. The fourth-order valence-corrected chi connectivity index (χ4v) is 3.43. The van der Waals surface area contributed by atoms with E-state index in [2.05, 4.69) is 25.8 Å². The van der Waals surface area contributed by atoms with Crippen molar-refractivity contribution >= 4 is 34.4 Å². The molecule has 4 rings (SSSR count). The van der Waals surface area contributed by atoms with E-state index < -0.39 is 11.5 Å². The maximum atomic E-state index is 12.5. The van der Waals surface area contributed by atoms with Gasteiger partial charge in [0.15, 0.2) is 0 Å². The van der Waals surface area contributed by atoms with Crippen molar-refractivity contribution in [2.45, 2.75) is 13.0 Å². The highest BCUT2D eigenvalue weighted by Gasteiger charge is 2.14. The van der Waals surface area contributed by atoms with E-state index in [0.717, 1.165) is 11.3 Å². The number of tetrazole rings is 1.